The predicted molar refractivity (Wildman–Crippen MR) is 60.5 cm³/mol. The van der Waals surface area contributed by atoms with Crippen LogP contribution in [0.5, 0.6) is 0 Å². The molecule has 0 aromatic carbocycles. The van der Waals surface area contributed by atoms with Gasteiger partial charge in [0.1, 0.15) is 0 Å². The summed E-state index contributed by atoms with van der Waals surface area (Å²) in [6.45, 7) is 5.35. The van der Waals surface area contributed by atoms with E-state index in [4.69, 9.17) is 9.84 Å². The first-order chi connectivity index (χ1) is 7.49. The van der Waals surface area contributed by atoms with Gasteiger partial charge in [-0.05, 0) is 13.3 Å². The van der Waals surface area contributed by atoms with Gasteiger partial charge in [0.2, 0.25) is 5.60 Å². The minimum atomic E-state index is -1.74. The monoisotopic (exact) mass is 228 g/mol. The third-order valence-electron chi connectivity index (χ3n) is 2.16. The molecule has 0 aliphatic rings. The van der Waals surface area contributed by atoms with Gasteiger partial charge in [-0.1, -0.05) is 25.7 Å². The molecule has 4 heteroatoms. The molecular weight excluding hydrogens is 208 g/mol. The molecule has 0 radical (unpaired) electrons. The molecule has 1 unspecified atom stereocenters. The van der Waals surface area contributed by atoms with Crippen LogP contribution in [0.25, 0.3) is 0 Å². The number of aliphatic hydroxyl groups excluding tert-OH is 1. The van der Waals surface area contributed by atoms with Crippen molar-refractivity contribution in [3.05, 3.63) is 0 Å². The standard InChI is InChI=1S/C12H20O4/c1-4-16-11(14)12(15,10(2)3)8-6-5-7-9-13/h10,13,15H,4-5,7,9H2,1-3H3. The van der Waals surface area contributed by atoms with E-state index in [2.05, 4.69) is 11.8 Å². The van der Waals surface area contributed by atoms with Gasteiger partial charge in [-0.2, -0.15) is 0 Å². The Hall–Kier alpha value is -1.05. The Balaban J connectivity index is 4.67. The summed E-state index contributed by atoms with van der Waals surface area (Å²) in [5.74, 6) is 4.17. The Labute approximate surface area is 96.6 Å². The highest BCUT2D eigenvalue weighted by Crippen LogP contribution is 2.18. The van der Waals surface area contributed by atoms with Crippen LogP contribution in [0.3, 0.4) is 0 Å². The van der Waals surface area contributed by atoms with E-state index in [0.29, 0.717) is 12.8 Å². The minimum absolute atomic E-state index is 0.0498. The van der Waals surface area contributed by atoms with E-state index in [1.54, 1.807) is 20.8 Å². The first-order valence-electron chi connectivity index (χ1n) is 5.49. The van der Waals surface area contributed by atoms with E-state index in [1.807, 2.05) is 0 Å². The van der Waals surface area contributed by atoms with Crippen molar-refractivity contribution in [2.24, 2.45) is 5.92 Å². The third-order valence-corrected chi connectivity index (χ3v) is 2.16. The summed E-state index contributed by atoms with van der Waals surface area (Å²) in [6.07, 6.45) is 0.981. The number of carbonyl (C=O) groups is 1. The van der Waals surface area contributed by atoms with E-state index in [1.165, 1.54) is 0 Å². The first-order valence-corrected chi connectivity index (χ1v) is 5.49. The van der Waals surface area contributed by atoms with Crippen molar-refractivity contribution in [3.8, 4) is 11.8 Å². The van der Waals surface area contributed by atoms with E-state index >= 15 is 0 Å². The van der Waals surface area contributed by atoms with Crippen LogP contribution in [0.2, 0.25) is 0 Å². The topological polar surface area (TPSA) is 66.8 Å². The Morgan fingerprint density at radius 2 is 2.12 bits per heavy atom. The lowest BCUT2D eigenvalue weighted by atomic mass is 9.91. The van der Waals surface area contributed by atoms with Crippen molar-refractivity contribution in [2.45, 2.75) is 39.2 Å². The van der Waals surface area contributed by atoms with Gasteiger partial charge >= 0.3 is 5.97 Å². The van der Waals surface area contributed by atoms with E-state index in [-0.39, 0.29) is 19.1 Å². The first kappa shape index (κ1) is 14.9. The van der Waals surface area contributed by atoms with Crippen LogP contribution in [0.1, 0.15) is 33.6 Å². The molecule has 0 heterocycles. The summed E-state index contributed by atoms with van der Waals surface area (Å²) in [4.78, 5) is 11.5. The highest BCUT2D eigenvalue weighted by Gasteiger charge is 2.39. The van der Waals surface area contributed by atoms with Crippen LogP contribution < -0.4 is 0 Å². The van der Waals surface area contributed by atoms with Crippen molar-refractivity contribution in [1.29, 1.82) is 0 Å². The summed E-state index contributed by atoms with van der Waals surface area (Å²) < 4.78 is 4.78. The molecule has 0 saturated carbocycles. The van der Waals surface area contributed by atoms with Crippen LogP contribution in [-0.2, 0) is 9.53 Å². The number of unbranched alkanes of at least 4 members (excludes halogenated alkanes) is 1. The summed E-state index contributed by atoms with van der Waals surface area (Å²) in [7, 11) is 0. The number of esters is 1. The molecule has 4 nitrogen and oxygen atoms in total. The van der Waals surface area contributed by atoms with Crippen molar-refractivity contribution in [3.63, 3.8) is 0 Å². The van der Waals surface area contributed by atoms with Gasteiger partial charge < -0.3 is 14.9 Å². The lowest BCUT2D eigenvalue weighted by molar-refractivity contribution is -0.162. The van der Waals surface area contributed by atoms with Crippen LogP contribution in [0.4, 0.5) is 0 Å². The second-order valence-corrected chi connectivity index (χ2v) is 3.77. The lowest BCUT2D eigenvalue weighted by Crippen LogP contribution is -2.43. The average molecular weight is 228 g/mol. The maximum Gasteiger partial charge on any atom is 0.351 e. The number of aliphatic hydroxyl groups is 2. The molecule has 0 aliphatic carbocycles. The van der Waals surface area contributed by atoms with Crippen LogP contribution in [0, 0.1) is 17.8 Å². The maximum atomic E-state index is 11.5. The van der Waals surface area contributed by atoms with E-state index in [0.717, 1.165) is 0 Å². The SMILES string of the molecule is CCOC(=O)C(O)(C#CCCCO)C(C)C. The Morgan fingerprint density at radius 3 is 2.56 bits per heavy atom. The molecule has 0 saturated heterocycles. The molecule has 0 amide bonds. The van der Waals surface area contributed by atoms with Gasteiger partial charge in [0, 0.05) is 18.9 Å². The summed E-state index contributed by atoms with van der Waals surface area (Å²) in [5.41, 5.74) is -1.74. The molecule has 0 bridgehead atoms. The van der Waals surface area contributed by atoms with Crippen molar-refractivity contribution in [2.75, 3.05) is 13.2 Å². The zero-order chi connectivity index (χ0) is 12.6. The van der Waals surface area contributed by atoms with Gasteiger partial charge in [0.15, 0.2) is 0 Å². The quantitative estimate of drug-likeness (QED) is 0.413. The number of hydrogen-bond donors (Lipinski definition) is 2. The molecule has 0 aromatic heterocycles. The number of ether oxygens (including phenoxy) is 1. The fourth-order valence-corrected chi connectivity index (χ4v) is 1.04. The zero-order valence-electron chi connectivity index (χ0n) is 10.1. The Bertz CT molecular complexity index is 274. The van der Waals surface area contributed by atoms with Gasteiger partial charge in [-0.15, -0.1) is 0 Å². The molecular formula is C12H20O4. The second-order valence-electron chi connectivity index (χ2n) is 3.77. The summed E-state index contributed by atoms with van der Waals surface area (Å²) in [6, 6.07) is 0. The van der Waals surface area contributed by atoms with Crippen molar-refractivity contribution in [1.82, 2.24) is 0 Å². The number of rotatable bonds is 5. The average Bonchev–Trinajstić information content (AvgIpc) is 2.24. The number of hydrogen-bond acceptors (Lipinski definition) is 4. The molecule has 0 spiro atoms. The smallest absolute Gasteiger partial charge is 0.351 e. The molecule has 2 N–H and O–H groups in total. The fraction of sp³-hybridized carbons (Fsp3) is 0.750. The Kier molecular flexibility index (Phi) is 6.78. The summed E-state index contributed by atoms with van der Waals surface area (Å²) >= 11 is 0. The zero-order valence-corrected chi connectivity index (χ0v) is 10.1. The molecule has 1 atom stereocenters. The predicted octanol–water partition coefficient (Wildman–Crippen LogP) is 0.712. The molecule has 0 aliphatic heterocycles. The maximum absolute atomic E-state index is 11.5. The fourth-order valence-electron chi connectivity index (χ4n) is 1.04. The highest BCUT2D eigenvalue weighted by atomic mass is 16.5. The summed E-state index contributed by atoms with van der Waals surface area (Å²) in [5, 5.41) is 18.7. The van der Waals surface area contributed by atoms with Crippen molar-refractivity contribution < 1.29 is 19.7 Å². The van der Waals surface area contributed by atoms with Crippen LogP contribution in [0.15, 0.2) is 0 Å². The molecule has 92 valence electrons. The van der Waals surface area contributed by atoms with Crippen molar-refractivity contribution >= 4 is 5.97 Å². The van der Waals surface area contributed by atoms with E-state index < -0.39 is 11.6 Å². The largest absolute Gasteiger partial charge is 0.463 e. The normalized spacial score (nSPS) is 13.9. The van der Waals surface area contributed by atoms with Crippen LogP contribution >= 0.6 is 0 Å². The molecule has 0 rings (SSSR count). The van der Waals surface area contributed by atoms with Crippen LogP contribution in [-0.4, -0.2) is 35.0 Å². The highest BCUT2D eigenvalue weighted by molar-refractivity contribution is 5.83. The number of carbonyl (C=O) groups excluding carboxylic acids is 1. The lowest BCUT2D eigenvalue weighted by Gasteiger charge is -2.23. The molecule has 16 heavy (non-hydrogen) atoms. The van der Waals surface area contributed by atoms with Gasteiger partial charge in [-0.3, -0.25) is 0 Å². The second kappa shape index (κ2) is 7.26. The molecule has 0 fully saturated rings. The molecule has 0 aromatic rings. The van der Waals surface area contributed by atoms with Gasteiger partial charge in [0.05, 0.1) is 6.61 Å². The van der Waals surface area contributed by atoms with Gasteiger partial charge in [0.25, 0.3) is 0 Å². The van der Waals surface area contributed by atoms with E-state index in [9.17, 15) is 9.90 Å². The van der Waals surface area contributed by atoms with Gasteiger partial charge in [-0.25, -0.2) is 4.79 Å². The Morgan fingerprint density at radius 1 is 1.50 bits per heavy atom. The third kappa shape index (κ3) is 4.21. The minimum Gasteiger partial charge on any atom is -0.463 e.